The van der Waals surface area contributed by atoms with Crippen molar-refractivity contribution in [1.29, 1.82) is 0 Å². The summed E-state index contributed by atoms with van der Waals surface area (Å²) in [4.78, 5) is 11.9. The van der Waals surface area contributed by atoms with E-state index < -0.39 is 21.9 Å². The molecule has 1 aliphatic rings. The average Bonchev–Trinajstić information content (AvgIpc) is 2.68. The minimum Gasteiger partial charge on any atom is -0.497 e. The molecule has 2 atom stereocenters. The van der Waals surface area contributed by atoms with Crippen molar-refractivity contribution in [2.24, 2.45) is 5.92 Å². The highest BCUT2D eigenvalue weighted by Crippen LogP contribution is 2.35. The minimum atomic E-state index is -3.78. The summed E-state index contributed by atoms with van der Waals surface area (Å²) in [5, 5.41) is 9.66. The van der Waals surface area contributed by atoms with Crippen molar-refractivity contribution < 1.29 is 23.1 Å². The van der Waals surface area contributed by atoms with Crippen molar-refractivity contribution >= 4 is 16.0 Å². The standard InChI is InChI=1S/C19H21NO5S/c1-25-15-8-5-9-16(12-15)26(23,24)20-11-10-17(18(13-20)19(21)22)14-6-3-2-4-7-14/h2-9,12,17-18H,10-11,13H2,1H3,(H,21,22)/t17-,18-/m1/s1. The maximum Gasteiger partial charge on any atom is 0.308 e. The Morgan fingerprint density at radius 3 is 2.54 bits per heavy atom. The first kappa shape index (κ1) is 18.4. The predicted octanol–water partition coefficient (Wildman–Crippen LogP) is 2.57. The number of ether oxygens (including phenoxy) is 1. The number of methoxy groups -OCH3 is 1. The maximum absolute atomic E-state index is 12.9. The second-order valence-corrected chi connectivity index (χ2v) is 8.23. The van der Waals surface area contributed by atoms with Crippen molar-refractivity contribution in [3.8, 4) is 5.75 Å². The molecule has 0 saturated carbocycles. The first-order valence-corrected chi connectivity index (χ1v) is 9.79. The van der Waals surface area contributed by atoms with Gasteiger partial charge in [0, 0.05) is 19.2 Å². The molecule has 0 amide bonds. The van der Waals surface area contributed by atoms with Gasteiger partial charge in [-0.1, -0.05) is 36.4 Å². The van der Waals surface area contributed by atoms with Crippen molar-refractivity contribution in [2.75, 3.05) is 20.2 Å². The average molecular weight is 375 g/mol. The molecule has 0 aromatic heterocycles. The Balaban J connectivity index is 1.88. The molecular weight excluding hydrogens is 354 g/mol. The summed E-state index contributed by atoms with van der Waals surface area (Å²) in [6.07, 6.45) is 0.462. The zero-order valence-electron chi connectivity index (χ0n) is 14.4. The summed E-state index contributed by atoms with van der Waals surface area (Å²) in [5.74, 6) is -1.53. The molecule has 0 unspecified atom stereocenters. The number of nitrogens with zero attached hydrogens (tertiary/aromatic N) is 1. The lowest BCUT2D eigenvalue weighted by Gasteiger charge is -2.36. The van der Waals surface area contributed by atoms with Crippen LogP contribution in [0.4, 0.5) is 0 Å². The van der Waals surface area contributed by atoms with Gasteiger partial charge in [0.2, 0.25) is 10.0 Å². The van der Waals surface area contributed by atoms with Gasteiger partial charge in [0.05, 0.1) is 17.9 Å². The van der Waals surface area contributed by atoms with E-state index >= 15 is 0 Å². The molecule has 2 aromatic carbocycles. The molecule has 0 spiro atoms. The fraction of sp³-hybridized carbons (Fsp3) is 0.316. The lowest BCUT2D eigenvalue weighted by molar-refractivity contribution is -0.143. The second kappa shape index (κ2) is 7.47. The first-order chi connectivity index (χ1) is 12.4. The predicted molar refractivity (Wildman–Crippen MR) is 96.7 cm³/mol. The summed E-state index contributed by atoms with van der Waals surface area (Å²) < 4.78 is 32.2. The normalized spacial score (nSPS) is 21.3. The van der Waals surface area contributed by atoms with Crippen molar-refractivity contribution in [2.45, 2.75) is 17.2 Å². The number of benzene rings is 2. The van der Waals surface area contributed by atoms with Gasteiger partial charge in [0.25, 0.3) is 0 Å². The first-order valence-electron chi connectivity index (χ1n) is 8.35. The summed E-state index contributed by atoms with van der Waals surface area (Å²) >= 11 is 0. The van der Waals surface area contributed by atoms with Crippen LogP contribution in [0.2, 0.25) is 0 Å². The van der Waals surface area contributed by atoms with E-state index in [9.17, 15) is 18.3 Å². The van der Waals surface area contributed by atoms with Crippen LogP contribution in [0.1, 0.15) is 17.9 Å². The third kappa shape index (κ3) is 3.59. The molecule has 1 saturated heterocycles. The molecule has 3 rings (SSSR count). The van der Waals surface area contributed by atoms with Gasteiger partial charge in [-0.2, -0.15) is 4.31 Å². The molecule has 6 nitrogen and oxygen atoms in total. The minimum absolute atomic E-state index is 0.0472. The Labute approximate surface area is 153 Å². The lowest BCUT2D eigenvalue weighted by atomic mass is 9.81. The number of rotatable bonds is 5. The third-order valence-electron chi connectivity index (χ3n) is 4.80. The Morgan fingerprint density at radius 1 is 1.15 bits per heavy atom. The van der Waals surface area contributed by atoms with Crippen LogP contribution >= 0.6 is 0 Å². The zero-order valence-corrected chi connectivity index (χ0v) is 15.2. The van der Waals surface area contributed by atoms with E-state index in [-0.39, 0.29) is 23.9 Å². The maximum atomic E-state index is 12.9. The molecule has 1 fully saturated rings. The van der Waals surface area contributed by atoms with Gasteiger partial charge in [-0.15, -0.1) is 0 Å². The van der Waals surface area contributed by atoms with Crippen molar-refractivity contribution in [1.82, 2.24) is 4.31 Å². The highest BCUT2D eigenvalue weighted by molar-refractivity contribution is 7.89. The molecule has 26 heavy (non-hydrogen) atoms. The number of carboxylic acids is 1. The molecule has 0 radical (unpaired) electrons. The van der Waals surface area contributed by atoms with Gasteiger partial charge in [0.1, 0.15) is 5.75 Å². The Bertz CT molecular complexity index is 882. The third-order valence-corrected chi connectivity index (χ3v) is 6.66. The van der Waals surface area contributed by atoms with Gasteiger partial charge in [-0.3, -0.25) is 4.79 Å². The SMILES string of the molecule is COc1cccc(S(=O)(=O)N2CC[C@H](c3ccccc3)[C@H](C(=O)O)C2)c1. The van der Waals surface area contributed by atoms with Crippen LogP contribution in [0.3, 0.4) is 0 Å². The molecule has 1 aliphatic heterocycles. The number of aliphatic carboxylic acids is 1. The van der Waals surface area contributed by atoms with Gasteiger partial charge >= 0.3 is 5.97 Å². The van der Waals surface area contributed by atoms with Gasteiger partial charge in [0.15, 0.2) is 0 Å². The summed E-state index contributed by atoms with van der Waals surface area (Å²) in [6, 6.07) is 15.6. The number of hydrogen-bond donors (Lipinski definition) is 1. The van der Waals surface area contributed by atoms with E-state index in [0.717, 1.165) is 5.56 Å². The van der Waals surface area contributed by atoms with Crippen LogP contribution in [-0.4, -0.2) is 44.0 Å². The molecule has 138 valence electrons. The van der Waals surface area contributed by atoms with E-state index in [1.807, 2.05) is 30.3 Å². The number of piperidine rings is 1. The van der Waals surface area contributed by atoms with E-state index in [1.54, 1.807) is 12.1 Å². The quantitative estimate of drug-likeness (QED) is 0.868. The van der Waals surface area contributed by atoms with Gasteiger partial charge < -0.3 is 9.84 Å². The molecule has 1 heterocycles. The van der Waals surface area contributed by atoms with Crippen molar-refractivity contribution in [3.63, 3.8) is 0 Å². The van der Waals surface area contributed by atoms with Crippen LogP contribution in [-0.2, 0) is 14.8 Å². The topological polar surface area (TPSA) is 83.9 Å². The largest absolute Gasteiger partial charge is 0.497 e. The number of carbonyl (C=O) groups is 1. The highest BCUT2D eigenvalue weighted by Gasteiger charge is 2.39. The monoisotopic (exact) mass is 375 g/mol. The molecule has 1 N–H and O–H groups in total. The Morgan fingerprint density at radius 2 is 1.88 bits per heavy atom. The number of carboxylic acid groups (broad SMARTS) is 1. The molecular formula is C19H21NO5S. The zero-order chi connectivity index (χ0) is 18.7. The fourth-order valence-corrected chi connectivity index (χ4v) is 4.92. The van der Waals surface area contributed by atoms with Crippen LogP contribution in [0.5, 0.6) is 5.75 Å². The smallest absolute Gasteiger partial charge is 0.308 e. The van der Waals surface area contributed by atoms with Gasteiger partial charge in [-0.05, 0) is 30.0 Å². The van der Waals surface area contributed by atoms with E-state index in [2.05, 4.69) is 0 Å². The van der Waals surface area contributed by atoms with E-state index in [4.69, 9.17) is 4.74 Å². The number of hydrogen-bond acceptors (Lipinski definition) is 4. The summed E-state index contributed by atoms with van der Waals surface area (Å²) in [7, 11) is -2.31. The Kier molecular flexibility index (Phi) is 5.29. The summed E-state index contributed by atoms with van der Waals surface area (Å²) in [5.41, 5.74) is 0.929. The molecule has 0 aliphatic carbocycles. The summed E-state index contributed by atoms with van der Waals surface area (Å²) in [6.45, 7) is 0.233. The molecule has 2 aromatic rings. The molecule has 7 heteroatoms. The second-order valence-electron chi connectivity index (χ2n) is 6.29. The lowest BCUT2D eigenvalue weighted by Crippen LogP contribution is -2.45. The van der Waals surface area contributed by atoms with Crippen LogP contribution < -0.4 is 4.74 Å². The van der Waals surface area contributed by atoms with Crippen LogP contribution in [0, 0.1) is 5.92 Å². The van der Waals surface area contributed by atoms with E-state index in [1.165, 1.54) is 23.5 Å². The Hall–Kier alpha value is -2.38. The van der Waals surface area contributed by atoms with Crippen molar-refractivity contribution in [3.05, 3.63) is 60.2 Å². The highest BCUT2D eigenvalue weighted by atomic mass is 32.2. The number of sulfonamides is 1. The fourth-order valence-electron chi connectivity index (χ4n) is 3.40. The van der Waals surface area contributed by atoms with Gasteiger partial charge in [-0.25, -0.2) is 8.42 Å². The van der Waals surface area contributed by atoms with Crippen LogP contribution in [0.15, 0.2) is 59.5 Å². The molecule has 0 bridgehead atoms. The van der Waals surface area contributed by atoms with E-state index in [0.29, 0.717) is 12.2 Å². The van der Waals surface area contributed by atoms with Crippen LogP contribution in [0.25, 0.3) is 0 Å².